The number of nitrogens with one attached hydrogen (secondary N) is 1. The standard InChI is InChI=1S/C13H18N2O4S/c1-13(2,3)8-15(4)20(17,18)9-5-6-10-11(7-9)19-12(16)14-10/h5-7H,8H2,1-4H3,(H,14,16). The molecular formula is C13H18N2O4S. The summed E-state index contributed by atoms with van der Waals surface area (Å²) in [7, 11) is -2.06. The van der Waals surface area contributed by atoms with Crippen molar-refractivity contribution < 1.29 is 12.8 Å². The Balaban J connectivity index is 2.43. The lowest BCUT2D eigenvalue weighted by Crippen LogP contribution is -2.34. The summed E-state index contributed by atoms with van der Waals surface area (Å²) in [6, 6.07) is 4.35. The maximum Gasteiger partial charge on any atom is 0.417 e. The van der Waals surface area contributed by atoms with Gasteiger partial charge in [0.1, 0.15) is 0 Å². The van der Waals surface area contributed by atoms with E-state index >= 15 is 0 Å². The van der Waals surface area contributed by atoms with Gasteiger partial charge in [-0.3, -0.25) is 4.98 Å². The van der Waals surface area contributed by atoms with Gasteiger partial charge in [0.2, 0.25) is 10.0 Å². The average Bonchev–Trinajstić information content (AvgIpc) is 2.65. The van der Waals surface area contributed by atoms with Crippen LogP contribution in [-0.4, -0.2) is 31.3 Å². The molecule has 0 aliphatic carbocycles. The lowest BCUT2D eigenvalue weighted by Gasteiger charge is -2.26. The fourth-order valence-electron chi connectivity index (χ4n) is 2.02. The first kappa shape index (κ1) is 14.8. The van der Waals surface area contributed by atoms with Gasteiger partial charge in [0.25, 0.3) is 0 Å². The number of H-pyrrole nitrogens is 1. The fourth-order valence-corrected chi connectivity index (χ4v) is 3.43. The summed E-state index contributed by atoms with van der Waals surface area (Å²) >= 11 is 0. The van der Waals surface area contributed by atoms with E-state index in [0.717, 1.165) is 0 Å². The van der Waals surface area contributed by atoms with E-state index in [1.54, 1.807) is 0 Å². The van der Waals surface area contributed by atoms with Crippen LogP contribution in [0.2, 0.25) is 0 Å². The zero-order chi connectivity index (χ0) is 15.1. The Morgan fingerprint density at radius 2 is 1.95 bits per heavy atom. The third-order valence-electron chi connectivity index (χ3n) is 2.80. The predicted molar refractivity (Wildman–Crippen MR) is 76.1 cm³/mol. The van der Waals surface area contributed by atoms with Gasteiger partial charge in [-0.25, -0.2) is 17.5 Å². The van der Waals surface area contributed by atoms with Gasteiger partial charge in [-0.1, -0.05) is 20.8 Å². The Labute approximate surface area is 117 Å². The number of aromatic amines is 1. The Morgan fingerprint density at radius 3 is 2.55 bits per heavy atom. The lowest BCUT2D eigenvalue weighted by atomic mass is 9.97. The molecule has 2 aromatic rings. The third-order valence-corrected chi connectivity index (χ3v) is 4.60. The Bertz CT molecular complexity index is 781. The number of benzene rings is 1. The van der Waals surface area contributed by atoms with Crippen LogP contribution in [0.3, 0.4) is 0 Å². The third kappa shape index (κ3) is 2.94. The highest BCUT2D eigenvalue weighted by molar-refractivity contribution is 7.89. The van der Waals surface area contributed by atoms with E-state index in [4.69, 9.17) is 4.42 Å². The smallest absolute Gasteiger partial charge is 0.408 e. The largest absolute Gasteiger partial charge is 0.417 e. The molecule has 1 aromatic carbocycles. The molecule has 0 fully saturated rings. The normalized spacial score (nSPS) is 13.2. The number of oxazole rings is 1. The van der Waals surface area contributed by atoms with E-state index in [2.05, 4.69) is 4.98 Å². The molecule has 0 saturated carbocycles. The van der Waals surface area contributed by atoms with Crippen molar-refractivity contribution in [3.63, 3.8) is 0 Å². The summed E-state index contributed by atoms with van der Waals surface area (Å²) in [4.78, 5) is 13.7. The molecule has 110 valence electrons. The van der Waals surface area contributed by atoms with Gasteiger partial charge in [-0.2, -0.15) is 0 Å². The van der Waals surface area contributed by atoms with Crippen LogP contribution in [0.15, 0.2) is 32.3 Å². The van der Waals surface area contributed by atoms with Crippen LogP contribution in [0.5, 0.6) is 0 Å². The van der Waals surface area contributed by atoms with Crippen LogP contribution >= 0.6 is 0 Å². The summed E-state index contributed by atoms with van der Waals surface area (Å²) in [5, 5.41) is 0. The second-order valence-electron chi connectivity index (χ2n) is 5.99. The van der Waals surface area contributed by atoms with Crippen molar-refractivity contribution in [1.82, 2.24) is 9.29 Å². The maximum absolute atomic E-state index is 12.5. The van der Waals surface area contributed by atoms with Gasteiger partial charge >= 0.3 is 5.76 Å². The molecular weight excluding hydrogens is 280 g/mol. The molecule has 0 atom stereocenters. The van der Waals surface area contributed by atoms with Crippen LogP contribution in [0.1, 0.15) is 20.8 Å². The number of sulfonamides is 1. The molecule has 0 aliphatic heterocycles. The molecule has 1 heterocycles. The molecule has 20 heavy (non-hydrogen) atoms. The van der Waals surface area contributed by atoms with E-state index in [9.17, 15) is 13.2 Å². The topological polar surface area (TPSA) is 83.4 Å². The zero-order valence-electron chi connectivity index (χ0n) is 11.9. The number of rotatable bonds is 3. The molecule has 0 aliphatic rings. The molecule has 0 saturated heterocycles. The second-order valence-corrected chi connectivity index (χ2v) is 8.04. The van der Waals surface area contributed by atoms with Crippen molar-refractivity contribution in [1.29, 1.82) is 0 Å². The minimum atomic E-state index is -3.60. The van der Waals surface area contributed by atoms with E-state index in [-0.39, 0.29) is 15.9 Å². The van der Waals surface area contributed by atoms with Crippen LogP contribution in [0, 0.1) is 5.41 Å². The molecule has 1 N–H and O–H groups in total. The van der Waals surface area contributed by atoms with Crippen molar-refractivity contribution in [2.45, 2.75) is 25.7 Å². The zero-order valence-corrected chi connectivity index (χ0v) is 12.7. The monoisotopic (exact) mass is 298 g/mol. The fraction of sp³-hybridized carbons (Fsp3) is 0.462. The summed E-state index contributed by atoms with van der Waals surface area (Å²) in [5.41, 5.74) is 0.569. The minimum absolute atomic E-state index is 0.111. The molecule has 2 rings (SSSR count). The van der Waals surface area contributed by atoms with Gasteiger partial charge < -0.3 is 4.42 Å². The highest BCUT2D eigenvalue weighted by Crippen LogP contribution is 2.23. The highest BCUT2D eigenvalue weighted by Gasteiger charge is 2.25. The summed E-state index contributed by atoms with van der Waals surface area (Å²) in [6.45, 7) is 6.29. The molecule has 0 radical (unpaired) electrons. The van der Waals surface area contributed by atoms with E-state index < -0.39 is 15.8 Å². The van der Waals surface area contributed by atoms with Crippen molar-refractivity contribution >= 4 is 21.1 Å². The van der Waals surface area contributed by atoms with E-state index in [0.29, 0.717) is 12.1 Å². The number of hydrogen-bond donors (Lipinski definition) is 1. The highest BCUT2D eigenvalue weighted by atomic mass is 32.2. The molecule has 0 spiro atoms. The van der Waals surface area contributed by atoms with Crippen LogP contribution in [-0.2, 0) is 10.0 Å². The van der Waals surface area contributed by atoms with Crippen molar-refractivity contribution in [3.05, 3.63) is 28.7 Å². The lowest BCUT2D eigenvalue weighted by molar-refractivity contribution is 0.311. The Kier molecular flexibility index (Phi) is 3.51. The average molecular weight is 298 g/mol. The molecule has 0 bridgehead atoms. The van der Waals surface area contributed by atoms with Crippen molar-refractivity contribution in [2.24, 2.45) is 5.41 Å². The SMILES string of the molecule is CN(CC(C)(C)C)S(=O)(=O)c1ccc2[nH]c(=O)oc2c1. The quantitative estimate of drug-likeness (QED) is 0.936. The molecule has 6 nitrogen and oxygen atoms in total. The van der Waals surface area contributed by atoms with Crippen LogP contribution < -0.4 is 5.76 Å². The van der Waals surface area contributed by atoms with Crippen molar-refractivity contribution in [3.8, 4) is 0 Å². The van der Waals surface area contributed by atoms with Crippen LogP contribution in [0.4, 0.5) is 0 Å². The Morgan fingerprint density at radius 1 is 1.30 bits per heavy atom. The number of aromatic nitrogens is 1. The second kappa shape index (κ2) is 4.75. The van der Waals surface area contributed by atoms with Gasteiger partial charge in [0.15, 0.2) is 5.58 Å². The molecule has 0 unspecified atom stereocenters. The van der Waals surface area contributed by atoms with Gasteiger partial charge in [-0.05, 0) is 17.5 Å². The summed E-state index contributed by atoms with van der Waals surface area (Å²) in [5.74, 6) is -0.599. The van der Waals surface area contributed by atoms with Crippen molar-refractivity contribution in [2.75, 3.05) is 13.6 Å². The molecule has 7 heteroatoms. The van der Waals surface area contributed by atoms with Crippen LogP contribution in [0.25, 0.3) is 11.1 Å². The van der Waals surface area contributed by atoms with E-state index in [1.165, 1.54) is 29.6 Å². The number of nitrogens with zero attached hydrogens (tertiary/aromatic N) is 1. The van der Waals surface area contributed by atoms with E-state index in [1.807, 2.05) is 20.8 Å². The Hall–Kier alpha value is -1.60. The minimum Gasteiger partial charge on any atom is -0.408 e. The molecule has 1 aromatic heterocycles. The maximum atomic E-state index is 12.5. The first-order valence-corrected chi connectivity index (χ1v) is 7.63. The molecule has 0 amide bonds. The van der Waals surface area contributed by atoms with Gasteiger partial charge in [0, 0.05) is 19.7 Å². The predicted octanol–water partition coefficient (Wildman–Crippen LogP) is 1.79. The van der Waals surface area contributed by atoms with Gasteiger partial charge in [-0.15, -0.1) is 0 Å². The summed E-state index contributed by atoms with van der Waals surface area (Å²) < 4.78 is 31.1. The van der Waals surface area contributed by atoms with Gasteiger partial charge in [0.05, 0.1) is 10.4 Å². The first-order valence-electron chi connectivity index (χ1n) is 6.19. The first-order chi connectivity index (χ1) is 9.09. The summed E-state index contributed by atoms with van der Waals surface area (Å²) in [6.07, 6.45) is 0. The number of fused-ring (bicyclic) bond motifs is 1. The number of hydrogen-bond acceptors (Lipinski definition) is 4.